The molecule has 0 aromatic heterocycles. The second-order valence-corrected chi connectivity index (χ2v) is 19.5. The van der Waals surface area contributed by atoms with Gasteiger partial charge >= 0.3 is 48.9 Å². The number of phenolic OH excluding ortho intramolecular Hbond substituents is 1. The zero-order chi connectivity index (χ0) is 53.5. The molecule has 0 saturated carbocycles. The fourth-order valence-electron chi connectivity index (χ4n) is 7.37. The average Bonchev–Trinajstić information content (AvgIpc) is 3.35. The number of fused-ring (bicyclic) bond motifs is 2. The van der Waals surface area contributed by atoms with Crippen LogP contribution in [0.2, 0.25) is 10.0 Å². The monoisotopic (exact) mass is 1210 g/mol. The van der Waals surface area contributed by atoms with Gasteiger partial charge in [0, 0.05) is 27.7 Å². The summed E-state index contributed by atoms with van der Waals surface area (Å²) in [5.74, 6) is -0.931. The molecule has 8 rings (SSSR count). The van der Waals surface area contributed by atoms with Crippen molar-refractivity contribution < 1.29 is 55.2 Å². The predicted molar refractivity (Wildman–Crippen MR) is 284 cm³/mol. The summed E-state index contributed by atoms with van der Waals surface area (Å²) in [5.41, 5.74) is 1.25. The van der Waals surface area contributed by atoms with Crippen molar-refractivity contribution in [1.82, 2.24) is 0 Å². The molecule has 0 heterocycles. The van der Waals surface area contributed by atoms with Crippen LogP contribution < -0.4 is 25.2 Å². The van der Waals surface area contributed by atoms with E-state index >= 15 is 0 Å². The van der Waals surface area contributed by atoms with Crippen molar-refractivity contribution >= 4 is 160 Å². The Labute approximate surface area is 481 Å². The van der Waals surface area contributed by atoms with Crippen molar-refractivity contribution in [2.45, 2.75) is 37.5 Å². The van der Waals surface area contributed by atoms with E-state index in [-0.39, 0.29) is 109 Å². The number of benzene rings is 8. The standard InChI is InChI=1S/2C26H22ClN3O6S.Ba/c2*1-3-36-18-10-8-17(9-11-18)28-26(32)20-13-16-6-4-5-7-19(16)24(25(20)31)30-29-22-12-15(2)23(14-21(22)27)37(33,34)35;/h2*4-14,31H,3H2,1-2H3,(H,28,32)(H,33,34,35);/q;;+2/p-2. The molecule has 0 aliphatic rings. The van der Waals surface area contributed by atoms with Gasteiger partial charge in [-0.1, -0.05) is 77.5 Å². The van der Waals surface area contributed by atoms with Crippen molar-refractivity contribution in [3.05, 3.63) is 166 Å². The van der Waals surface area contributed by atoms with Gasteiger partial charge in [0.05, 0.1) is 44.3 Å². The molecule has 18 nitrogen and oxygen atoms in total. The van der Waals surface area contributed by atoms with Crippen molar-refractivity contribution in [2.24, 2.45) is 20.5 Å². The molecule has 23 heteroatoms. The van der Waals surface area contributed by atoms with Crippen LogP contribution >= 0.6 is 23.2 Å². The fourth-order valence-corrected chi connectivity index (χ4v) is 9.35. The SMILES string of the molecule is CCOc1ccc(NC(=O)c2cc3ccccc3c(N=Nc3cc(C)c(S(=O)(=O)O)cc3Cl)c2O)cc1.CCOc1ccc(NC(=O)c2cc3ccccc3c(N=Nc3cc(C)c(S(=O)(=O)[O-])cc3Cl)c2[O-])cc1.[Ba+2]. The van der Waals surface area contributed by atoms with Crippen LogP contribution in [0.25, 0.3) is 21.5 Å². The molecule has 4 N–H and O–H groups in total. The first-order valence-corrected chi connectivity index (χ1v) is 25.7. The van der Waals surface area contributed by atoms with Crippen LogP contribution in [-0.2, 0) is 20.2 Å². The van der Waals surface area contributed by atoms with E-state index in [9.17, 15) is 45.7 Å². The molecule has 0 atom stereocenters. The van der Waals surface area contributed by atoms with E-state index in [1.807, 2.05) is 13.8 Å². The minimum atomic E-state index is -4.73. The van der Waals surface area contributed by atoms with Crippen molar-refractivity contribution in [3.8, 4) is 23.0 Å². The number of ether oxygens (including phenoxy) is 2. The quantitative estimate of drug-likeness (QED) is 0.0449. The summed E-state index contributed by atoms with van der Waals surface area (Å²) >= 11 is 12.3. The summed E-state index contributed by atoms with van der Waals surface area (Å²) in [6.45, 7) is 7.64. The zero-order valence-electron chi connectivity index (χ0n) is 40.2. The normalized spacial score (nSPS) is 11.5. The number of nitrogens with one attached hydrogen (secondary N) is 2. The summed E-state index contributed by atoms with van der Waals surface area (Å²) in [5, 5.41) is 48.2. The first kappa shape index (κ1) is 57.9. The summed E-state index contributed by atoms with van der Waals surface area (Å²) in [4.78, 5) is 25.3. The Morgan fingerprint density at radius 3 is 1.48 bits per heavy atom. The number of halogens is 2. The van der Waals surface area contributed by atoms with Crippen LogP contribution in [0, 0.1) is 13.8 Å². The van der Waals surface area contributed by atoms with Crippen molar-refractivity contribution in [1.29, 1.82) is 0 Å². The molecule has 0 spiro atoms. The largest absolute Gasteiger partial charge is 2.00 e. The number of anilines is 2. The van der Waals surface area contributed by atoms with Crippen LogP contribution in [0.5, 0.6) is 23.0 Å². The number of hydrogen-bond acceptors (Lipinski definition) is 15. The van der Waals surface area contributed by atoms with E-state index in [0.717, 1.165) is 12.1 Å². The van der Waals surface area contributed by atoms with Gasteiger partial charge in [0.2, 0.25) is 0 Å². The van der Waals surface area contributed by atoms with Crippen LogP contribution in [0.15, 0.2) is 164 Å². The number of nitrogens with zero attached hydrogens (tertiary/aromatic N) is 4. The molecular weight excluding hydrogens is 1170 g/mol. The number of aryl methyl sites for hydroxylation is 2. The first-order chi connectivity index (χ1) is 35.2. The van der Waals surface area contributed by atoms with Gasteiger partial charge in [-0.25, -0.2) is 8.42 Å². The van der Waals surface area contributed by atoms with Crippen molar-refractivity contribution in [3.63, 3.8) is 0 Å². The molecular formula is C52H42BaCl2N6O12S2. The van der Waals surface area contributed by atoms with Crippen LogP contribution in [0.3, 0.4) is 0 Å². The third-order valence-electron chi connectivity index (χ3n) is 10.9. The first-order valence-electron chi connectivity index (χ1n) is 22.1. The van der Waals surface area contributed by atoms with Gasteiger partial charge < -0.3 is 34.9 Å². The van der Waals surface area contributed by atoms with Crippen LogP contribution in [0.4, 0.5) is 34.1 Å². The Morgan fingerprint density at radius 1 is 0.600 bits per heavy atom. The number of hydrogen-bond donors (Lipinski definition) is 4. The Morgan fingerprint density at radius 2 is 1.01 bits per heavy atom. The maximum absolute atomic E-state index is 13.3. The van der Waals surface area contributed by atoms with Gasteiger partial charge in [0.15, 0.2) is 5.75 Å². The van der Waals surface area contributed by atoms with Gasteiger partial charge in [-0.2, -0.15) is 13.5 Å². The molecule has 0 unspecified atom stereocenters. The number of azo groups is 2. The van der Waals surface area contributed by atoms with Crippen LogP contribution in [-0.4, -0.2) is 105 Å². The molecule has 0 saturated heterocycles. The third kappa shape index (κ3) is 14.1. The van der Waals surface area contributed by atoms with Gasteiger partial charge in [0.25, 0.3) is 21.9 Å². The van der Waals surface area contributed by atoms with Gasteiger partial charge in [-0.05, 0) is 135 Å². The Hall–Kier alpha value is -6.41. The number of phenols is 1. The molecule has 380 valence electrons. The van der Waals surface area contributed by atoms with E-state index in [1.54, 1.807) is 103 Å². The minimum absolute atomic E-state index is 0. The molecule has 0 aliphatic carbocycles. The predicted octanol–water partition coefficient (Wildman–Crippen LogP) is 12.3. The Kier molecular flexibility index (Phi) is 19.3. The van der Waals surface area contributed by atoms with E-state index < -0.39 is 48.4 Å². The van der Waals surface area contributed by atoms with E-state index in [0.29, 0.717) is 57.6 Å². The molecule has 75 heavy (non-hydrogen) atoms. The maximum atomic E-state index is 13.3. The molecule has 0 aliphatic heterocycles. The Balaban J connectivity index is 0.000000241. The number of carbonyl (C=O) groups is 2. The summed E-state index contributed by atoms with van der Waals surface area (Å²) in [6, 6.07) is 35.1. The van der Waals surface area contributed by atoms with E-state index in [1.165, 1.54) is 32.0 Å². The summed E-state index contributed by atoms with van der Waals surface area (Å²) < 4.78 is 77.5. The molecule has 2 amide bonds. The molecule has 0 fully saturated rings. The van der Waals surface area contributed by atoms with Gasteiger partial charge in [0.1, 0.15) is 38.7 Å². The molecule has 8 aromatic rings. The molecule has 0 radical (unpaired) electrons. The number of carbonyl (C=O) groups excluding carboxylic acids is 2. The summed E-state index contributed by atoms with van der Waals surface area (Å²) in [7, 11) is -9.20. The smallest absolute Gasteiger partial charge is 0.870 e. The second-order valence-electron chi connectivity index (χ2n) is 16.0. The zero-order valence-corrected chi connectivity index (χ0v) is 47.7. The summed E-state index contributed by atoms with van der Waals surface area (Å²) in [6.07, 6.45) is 0. The maximum Gasteiger partial charge on any atom is 2.00 e. The molecule has 8 aromatic carbocycles. The van der Waals surface area contributed by atoms with E-state index in [2.05, 4.69) is 31.1 Å². The number of amides is 2. The number of rotatable bonds is 14. The average molecular weight is 1220 g/mol. The van der Waals surface area contributed by atoms with E-state index in [4.69, 9.17) is 32.7 Å². The van der Waals surface area contributed by atoms with Crippen LogP contribution in [0.1, 0.15) is 45.7 Å². The number of aromatic hydroxyl groups is 1. The minimum Gasteiger partial charge on any atom is -0.870 e. The topological polar surface area (TPSA) is 281 Å². The second kappa shape index (κ2) is 25.0. The van der Waals surface area contributed by atoms with Crippen molar-refractivity contribution in [2.75, 3.05) is 23.8 Å². The molecule has 0 bridgehead atoms. The van der Waals surface area contributed by atoms with Gasteiger partial charge in [-0.3, -0.25) is 14.1 Å². The Bertz CT molecular complexity index is 3530. The third-order valence-corrected chi connectivity index (χ3v) is 13.4. The fraction of sp³-hybridized carbons (Fsp3) is 0.115. The van der Waals surface area contributed by atoms with Gasteiger partial charge in [-0.15, -0.1) is 15.3 Å².